The molecule has 136 valence electrons. The maximum atomic E-state index is 12.9. The second-order valence-electron chi connectivity index (χ2n) is 6.64. The van der Waals surface area contributed by atoms with Crippen molar-refractivity contribution in [2.75, 3.05) is 6.54 Å². The summed E-state index contributed by atoms with van der Waals surface area (Å²) >= 11 is 1.67. The van der Waals surface area contributed by atoms with E-state index in [-0.39, 0.29) is 12.1 Å². The van der Waals surface area contributed by atoms with Crippen LogP contribution in [0.3, 0.4) is 0 Å². The van der Waals surface area contributed by atoms with Crippen LogP contribution in [0.25, 0.3) is 0 Å². The van der Waals surface area contributed by atoms with E-state index in [1.807, 2.05) is 24.9 Å². The van der Waals surface area contributed by atoms with Crippen LogP contribution in [0.1, 0.15) is 65.5 Å². The van der Waals surface area contributed by atoms with Crippen LogP contribution in [0.2, 0.25) is 0 Å². The Morgan fingerprint density at radius 1 is 1.40 bits per heavy atom. The second-order valence-corrected chi connectivity index (χ2v) is 7.84. The van der Waals surface area contributed by atoms with Crippen LogP contribution in [-0.4, -0.2) is 32.7 Å². The maximum Gasteiger partial charge on any atom is 0.318 e. The predicted octanol–water partition coefficient (Wildman–Crippen LogP) is 3.87. The van der Waals surface area contributed by atoms with E-state index in [0.29, 0.717) is 6.54 Å². The van der Waals surface area contributed by atoms with Gasteiger partial charge in [-0.3, -0.25) is 5.10 Å². The fourth-order valence-electron chi connectivity index (χ4n) is 3.55. The summed E-state index contributed by atoms with van der Waals surface area (Å²) in [6.07, 6.45) is 7.24. The lowest BCUT2D eigenvalue weighted by molar-refractivity contribution is 0.175. The minimum atomic E-state index is 0.000137. The van der Waals surface area contributed by atoms with Crippen LogP contribution in [0.5, 0.6) is 0 Å². The van der Waals surface area contributed by atoms with Crippen LogP contribution >= 0.6 is 11.3 Å². The minimum absolute atomic E-state index is 0.000137. The van der Waals surface area contributed by atoms with Crippen molar-refractivity contribution in [3.63, 3.8) is 0 Å². The van der Waals surface area contributed by atoms with Crippen molar-refractivity contribution in [2.45, 2.75) is 65.5 Å². The number of hydrogen-bond donors (Lipinski definition) is 2. The lowest BCUT2D eigenvalue weighted by atomic mass is 9.99. The zero-order valence-electron chi connectivity index (χ0n) is 15.3. The molecular formula is C18H27N5OS. The number of likely N-dealkylation sites (tertiary alicyclic amines) is 1. The molecule has 1 aliphatic rings. The molecule has 1 aliphatic heterocycles. The number of aromatic nitrogens is 3. The molecule has 2 amide bonds. The van der Waals surface area contributed by atoms with Gasteiger partial charge in [-0.25, -0.2) is 9.78 Å². The monoisotopic (exact) mass is 361 g/mol. The summed E-state index contributed by atoms with van der Waals surface area (Å²) < 4.78 is 0. The standard InChI is InChI=1S/C18H27N5OS/c1-4-14-10-19-16(25-14)11-20-18(24)23-9-7-5-6-8-15(23)17-12(2)21-22-13(17)3/h10,15H,4-9,11H2,1-3H3,(H,20,24)(H,21,22). The van der Waals surface area contributed by atoms with Gasteiger partial charge in [0.1, 0.15) is 5.01 Å². The molecule has 2 aromatic rings. The third-order valence-corrected chi connectivity index (χ3v) is 6.01. The van der Waals surface area contributed by atoms with Gasteiger partial charge in [-0.2, -0.15) is 5.10 Å². The summed E-state index contributed by atoms with van der Waals surface area (Å²) in [5.41, 5.74) is 3.24. The number of urea groups is 1. The highest BCUT2D eigenvalue weighted by Gasteiger charge is 2.30. The number of hydrogen-bond acceptors (Lipinski definition) is 4. The summed E-state index contributed by atoms with van der Waals surface area (Å²) in [6, 6.07) is 0.101. The number of nitrogens with one attached hydrogen (secondary N) is 2. The Morgan fingerprint density at radius 3 is 2.92 bits per heavy atom. The Balaban J connectivity index is 1.73. The van der Waals surface area contributed by atoms with Gasteiger partial charge in [0.05, 0.1) is 18.3 Å². The number of thiazole rings is 1. The summed E-state index contributed by atoms with van der Waals surface area (Å²) in [6.45, 7) is 7.46. The summed E-state index contributed by atoms with van der Waals surface area (Å²) in [7, 11) is 0. The minimum Gasteiger partial charge on any atom is -0.331 e. The van der Waals surface area contributed by atoms with Crippen molar-refractivity contribution in [1.82, 2.24) is 25.4 Å². The van der Waals surface area contributed by atoms with E-state index in [4.69, 9.17) is 0 Å². The Kier molecular flexibility index (Phi) is 5.73. The number of aryl methyl sites for hydroxylation is 3. The van der Waals surface area contributed by atoms with Crippen molar-refractivity contribution < 1.29 is 4.79 Å². The molecule has 3 heterocycles. The van der Waals surface area contributed by atoms with Gasteiger partial charge in [-0.05, 0) is 33.1 Å². The number of carbonyl (C=O) groups excluding carboxylic acids is 1. The molecule has 1 atom stereocenters. The molecule has 1 unspecified atom stereocenters. The van der Waals surface area contributed by atoms with E-state index in [9.17, 15) is 4.79 Å². The van der Waals surface area contributed by atoms with Gasteiger partial charge in [0.25, 0.3) is 0 Å². The Labute approximate surface area is 153 Å². The Bertz CT molecular complexity index is 703. The van der Waals surface area contributed by atoms with E-state index >= 15 is 0 Å². The first-order valence-corrected chi connectivity index (χ1v) is 9.91. The largest absolute Gasteiger partial charge is 0.331 e. The lowest BCUT2D eigenvalue weighted by Crippen LogP contribution is -2.42. The highest BCUT2D eigenvalue weighted by molar-refractivity contribution is 7.11. The van der Waals surface area contributed by atoms with Gasteiger partial charge in [-0.15, -0.1) is 11.3 Å². The van der Waals surface area contributed by atoms with E-state index in [2.05, 4.69) is 27.4 Å². The molecule has 2 aromatic heterocycles. The zero-order chi connectivity index (χ0) is 17.8. The average Bonchev–Trinajstić information content (AvgIpc) is 3.12. The van der Waals surface area contributed by atoms with Gasteiger partial charge in [0.15, 0.2) is 0 Å². The molecule has 25 heavy (non-hydrogen) atoms. The summed E-state index contributed by atoms with van der Waals surface area (Å²) in [4.78, 5) is 20.5. The third-order valence-electron chi connectivity index (χ3n) is 4.87. The molecule has 6 nitrogen and oxygen atoms in total. The van der Waals surface area contributed by atoms with Crippen LogP contribution < -0.4 is 5.32 Å². The van der Waals surface area contributed by atoms with Crippen LogP contribution in [0, 0.1) is 13.8 Å². The van der Waals surface area contributed by atoms with Crippen molar-refractivity contribution in [1.29, 1.82) is 0 Å². The molecule has 1 fully saturated rings. The highest BCUT2D eigenvalue weighted by atomic mass is 32.1. The fraction of sp³-hybridized carbons (Fsp3) is 0.611. The van der Waals surface area contributed by atoms with Gasteiger partial charge < -0.3 is 10.2 Å². The van der Waals surface area contributed by atoms with E-state index < -0.39 is 0 Å². The first-order chi connectivity index (χ1) is 12.1. The second kappa shape index (κ2) is 7.99. The molecule has 1 saturated heterocycles. The zero-order valence-corrected chi connectivity index (χ0v) is 16.1. The number of amides is 2. The number of carbonyl (C=O) groups is 1. The van der Waals surface area contributed by atoms with E-state index in [0.717, 1.165) is 48.6 Å². The van der Waals surface area contributed by atoms with Crippen LogP contribution in [-0.2, 0) is 13.0 Å². The number of rotatable bonds is 4. The summed E-state index contributed by atoms with van der Waals surface area (Å²) in [5, 5.41) is 11.4. The first-order valence-electron chi connectivity index (χ1n) is 9.09. The number of H-pyrrole nitrogens is 1. The molecule has 2 N–H and O–H groups in total. The fourth-order valence-corrected chi connectivity index (χ4v) is 4.35. The molecule has 0 aliphatic carbocycles. The smallest absolute Gasteiger partial charge is 0.318 e. The topological polar surface area (TPSA) is 73.9 Å². The van der Waals surface area contributed by atoms with Gasteiger partial charge in [0.2, 0.25) is 0 Å². The predicted molar refractivity (Wildman–Crippen MR) is 99.7 cm³/mol. The maximum absolute atomic E-state index is 12.9. The van der Waals surface area contributed by atoms with Crippen molar-refractivity contribution in [2.24, 2.45) is 0 Å². The number of aromatic amines is 1. The lowest BCUT2D eigenvalue weighted by Gasteiger charge is -2.30. The third kappa shape index (κ3) is 4.03. The highest BCUT2D eigenvalue weighted by Crippen LogP contribution is 2.33. The van der Waals surface area contributed by atoms with Gasteiger partial charge in [-0.1, -0.05) is 19.8 Å². The quantitative estimate of drug-likeness (QED) is 0.868. The van der Waals surface area contributed by atoms with E-state index in [1.165, 1.54) is 16.9 Å². The summed E-state index contributed by atoms with van der Waals surface area (Å²) in [5.74, 6) is 0. The Hall–Kier alpha value is -1.89. The first kappa shape index (κ1) is 17.9. The molecule has 7 heteroatoms. The van der Waals surface area contributed by atoms with Gasteiger partial charge in [0, 0.05) is 28.9 Å². The molecular weight excluding hydrogens is 334 g/mol. The van der Waals surface area contributed by atoms with Crippen molar-refractivity contribution in [3.05, 3.63) is 33.0 Å². The SMILES string of the molecule is CCc1cnc(CNC(=O)N2CCCCCC2c2c(C)n[nH]c2C)s1. The van der Waals surface area contributed by atoms with Crippen molar-refractivity contribution in [3.8, 4) is 0 Å². The van der Waals surface area contributed by atoms with Crippen LogP contribution in [0.15, 0.2) is 6.20 Å². The number of nitrogens with zero attached hydrogens (tertiary/aromatic N) is 3. The molecule has 3 rings (SSSR count). The van der Waals surface area contributed by atoms with E-state index in [1.54, 1.807) is 11.3 Å². The molecule has 0 spiro atoms. The molecule has 0 aromatic carbocycles. The Morgan fingerprint density at radius 2 is 2.24 bits per heavy atom. The normalized spacial score (nSPS) is 18.2. The average molecular weight is 362 g/mol. The molecule has 0 radical (unpaired) electrons. The molecule has 0 bridgehead atoms. The van der Waals surface area contributed by atoms with Crippen LogP contribution in [0.4, 0.5) is 4.79 Å². The van der Waals surface area contributed by atoms with Crippen molar-refractivity contribution >= 4 is 17.4 Å². The van der Waals surface area contributed by atoms with Gasteiger partial charge >= 0.3 is 6.03 Å². The molecule has 0 saturated carbocycles.